The summed E-state index contributed by atoms with van der Waals surface area (Å²) in [5, 5.41) is 0. The summed E-state index contributed by atoms with van der Waals surface area (Å²) in [5.74, 6) is 0.165. The number of ether oxygens (including phenoxy) is 1. The molecule has 4 rings (SSSR count). The van der Waals surface area contributed by atoms with Gasteiger partial charge in [-0.05, 0) is 43.2 Å². The Hall–Kier alpha value is -2.66. The molecule has 1 aliphatic rings. The van der Waals surface area contributed by atoms with Crippen molar-refractivity contribution in [2.75, 3.05) is 20.3 Å². The van der Waals surface area contributed by atoms with Crippen molar-refractivity contribution in [3.8, 4) is 5.69 Å². The lowest BCUT2D eigenvalue weighted by Crippen LogP contribution is -2.35. The van der Waals surface area contributed by atoms with Gasteiger partial charge in [0.1, 0.15) is 6.33 Å². The maximum absolute atomic E-state index is 12.6. The highest BCUT2D eigenvalue weighted by atomic mass is 16.5. The molecule has 2 aromatic carbocycles. The Balaban J connectivity index is 1.54. The van der Waals surface area contributed by atoms with Crippen LogP contribution in [0.4, 0.5) is 0 Å². The van der Waals surface area contributed by atoms with Crippen LogP contribution in [0.15, 0.2) is 54.9 Å². The number of rotatable bonds is 4. The van der Waals surface area contributed by atoms with Crippen LogP contribution < -0.4 is 0 Å². The quantitative estimate of drug-likeness (QED) is 0.723. The first-order valence-corrected chi connectivity index (χ1v) is 9.02. The first kappa shape index (κ1) is 16.8. The first-order valence-electron chi connectivity index (χ1n) is 9.02. The number of carbonyl (C=O) groups is 1. The summed E-state index contributed by atoms with van der Waals surface area (Å²) in [5.41, 5.74) is 4.25. The molecular weight excluding hydrogens is 326 g/mol. The van der Waals surface area contributed by atoms with Gasteiger partial charge in [0, 0.05) is 19.3 Å². The minimum absolute atomic E-state index is 0.000892. The average Bonchev–Trinajstić information content (AvgIpc) is 3.36. The molecule has 2 heterocycles. The monoisotopic (exact) mass is 349 g/mol. The third-order valence-corrected chi connectivity index (χ3v) is 5.31. The van der Waals surface area contributed by atoms with Crippen LogP contribution in [-0.4, -0.2) is 40.6 Å². The molecule has 1 aromatic heterocycles. The Bertz CT molecular complexity index is 910. The van der Waals surface area contributed by atoms with Crippen LogP contribution >= 0.6 is 0 Å². The van der Waals surface area contributed by atoms with Gasteiger partial charge >= 0.3 is 0 Å². The Morgan fingerprint density at radius 3 is 2.73 bits per heavy atom. The number of carbonyl (C=O) groups excluding carboxylic acids is 1. The molecule has 26 heavy (non-hydrogen) atoms. The van der Waals surface area contributed by atoms with E-state index in [9.17, 15) is 4.79 Å². The summed E-state index contributed by atoms with van der Waals surface area (Å²) in [4.78, 5) is 18.9. The van der Waals surface area contributed by atoms with Gasteiger partial charge < -0.3 is 9.64 Å². The minimum atomic E-state index is -0.000892. The van der Waals surface area contributed by atoms with E-state index in [0.717, 1.165) is 28.7 Å². The highest BCUT2D eigenvalue weighted by Gasteiger charge is 2.28. The van der Waals surface area contributed by atoms with E-state index < -0.39 is 0 Å². The molecule has 134 valence electrons. The first-order chi connectivity index (χ1) is 12.6. The predicted octanol–water partition coefficient (Wildman–Crippen LogP) is 3.58. The van der Waals surface area contributed by atoms with E-state index in [4.69, 9.17) is 4.74 Å². The SMILES string of the molecule is C[C@@H](c1ccc(-n2cnc3ccccc32)cc1)N(C)C(=O)[C@@H]1CCOC1. The molecule has 3 aromatic rings. The lowest BCUT2D eigenvalue weighted by Gasteiger charge is -2.27. The molecule has 0 bridgehead atoms. The molecule has 5 heteroatoms. The maximum Gasteiger partial charge on any atom is 0.228 e. The van der Waals surface area contributed by atoms with E-state index in [1.54, 1.807) is 0 Å². The third-order valence-electron chi connectivity index (χ3n) is 5.31. The van der Waals surface area contributed by atoms with E-state index in [0.29, 0.717) is 13.2 Å². The number of hydrogen-bond donors (Lipinski definition) is 0. The Kier molecular flexibility index (Phi) is 4.47. The molecule has 0 N–H and O–H groups in total. The average molecular weight is 349 g/mol. The van der Waals surface area contributed by atoms with Crippen LogP contribution in [0.3, 0.4) is 0 Å². The van der Waals surface area contributed by atoms with Crippen LogP contribution in [0.2, 0.25) is 0 Å². The molecule has 0 saturated carbocycles. The Morgan fingerprint density at radius 2 is 2.00 bits per heavy atom. The number of benzene rings is 2. The summed E-state index contributed by atoms with van der Waals surface area (Å²) in [6, 6.07) is 16.4. The highest BCUT2D eigenvalue weighted by molar-refractivity contribution is 5.79. The summed E-state index contributed by atoms with van der Waals surface area (Å²) in [6.45, 7) is 3.30. The zero-order valence-corrected chi connectivity index (χ0v) is 15.1. The van der Waals surface area contributed by atoms with Gasteiger partial charge in [0.25, 0.3) is 0 Å². The second-order valence-corrected chi connectivity index (χ2v) is 6.88. The number of amides is 1. The lowest BCUT2D eigenvalue weighted by atomic mass is 10.0. The van der Waals surface area contributed by atoms with E-state index >= 15 is 0 Å². The fourth-order valence-corrected chi connectivity index (χ4v) is 3.51. The molecule has 0 spiro atoms. The van der Waals surface area contributed by atoms with Gasteiger partial charge in [0.05, 0.1) is 29.6 Å². The molecule has 0 aliphatic carbocycles. The Labute approximate surface area is 153 Å². The zero-order valence-electron chi connectivity index (χ0n) is 15.1. The van der Waals surface area contributed by atoms with E-state index in [-0.39, 0.29) is 17.9 Å². The molecule has 5 nitrogen and oxygen atoms in total. The highest BCUT2D eigenvalue weighted by Crippen LogP contribution is 2.25. The van der Waals surface area contributed by atoms with E-state index in [1.165, 1.54) is 0 Å². The number of para-hydroxylation sites is 2. The van der Waals surface area contributed by atoms with Gasteiger partial charge in [-0.3, -0.25) is 9.36 Å². The molecule has 1 amide bonds. The van der Waals surface area contributed by atoms with Gasteiger partial charge in [-0.25, -0.2) is 4.98 Å². The lowest BCUT2D eigenvalue weighted by molar-refractivity contribution is -0.136. The summed E-state index contributed by atoms with van der Waals surface area (Å²) < 4.78 is 7.43. The standard InChI is InChI=1S/C21H23N3O2/c1-15(23(2)21(25)17-11-12-26-13-17)16-7-9-18(10-8-16)24-14-22-19-5-3-4-6-20(19)24/h3-10,14-15,17H,11-13H2,1-2H3/t15-,17+/m0/s1. The van der Waals surface area contributed by atoms with Crippen LogP contribution in [-0.2, 0) is 9.53 Å². The molecule has 1 aliphatic heterocycles. The summed E-state index contributed by atoms with van der Waals surface area (Å²) >= 11 is 0. The Morgan fingerprint density at radius 1 is 1.23 bits per heavy atom. The molecule has 0 radical (unpaired) electrons. The van der Waals surface area contributed by atoms with E-state index in [2.05, 4.69) is 46.8 Å². The minimum Gasteiger partial charge on any atom is -0.381 e. The van der Waals surface area contributed by atoms with Crippen molar-refractivity contribution < 1.29 is 9.53 Å². The smallest absolute Gasteiger partial charge is 0.228 e. The van der Waals surface area contributed by atoms with Crippen molar-refractivity contribution >= 4 is 16.9 Å². The number of imidazole rings is 1. The predicted molar refractivity (Wildman–Crippen MR) is 101 cm³/mol. The maximum atomic E-state index is 12.6. The van der Waals surface area contributed by atoms with E-state index in [1.807, 2.05) is 36.5 Å². The molecule has 0 unspecified atom stereocenters. The largest absolute Gasteiger partial charge is 0.381 e. The fourth-order valence-electron chi connectivity index (χ4n) is 3.51. The number of fused-ring (bicyclic) bond motifs is 1. The molecule has 2 atom stereocenters. The summed E-state index contributed by atoms with van der Waals surface area (Å²) in [6.07, 6.45) is 2.67. The van der Waals surface area contributed by atoms with Crippen LogP contribution in [0.25, 0.3) is 16.7 Å². The number of nitrogens with zero attached hydrogens (tertiary/aromatic N) is 3. The van der Waals surface area contributed by atoms with Gasteiger partial charge in [0.15, 0.2) is 0 Å². The number of hydrogen-bond acceptors (Lipinski definition) is 3. The van der Waals surface area contributed by atoms with Crippen molar-refractivity contribution in [3.63, 3.8) is 0 Å². The van der Waals surface area contributed by atoms with Crippen LogP contribution in [0.1, 0.15) is 24.9 Å². The van der Waals surface area contributed by atoms with Crippen molar-refractivity contribution in [1.82, 2.24) is 14.5 Å². The number of aromatic nitrogens is 2. The van der Waals surface area contributed by atoms with Gasteiger partial charge in [-0.15, -0.1) is 0 Å². The van der Waals surface area contributed by atoms with Crippen molar-refractivity contribution in [2.45, 2.75) is 19.4 Å². The normalized spacial score (nSPS) is 18.2. The topological polar surface area (TPSA) is 47.4 Å². The van der Waals surface area contributed by atoms with Crippen molar-refractivity contribution in [3.05, 3.63) is 60.4 Å². The molecular formula is C21H23N3O2. The van der Waals surface area contributed by atoms with Gasteiger partial charge in [0.2, 0.25) is 5.91 Å². The zero-order chi connectivity index (χ0) is 18.1. The van der Waals surface area contributed by atoms with Crippen molar-refractivity contribution in [1.29, 1.82) is 0 Å². The third kappa shape index (κ3) is 2.99. The second-order valence-electron chi connectivity index (χ2n) is 6.88. The second kappa shape index (κ2) is 6.92. The fraction of sp³-hybridized carbons (Fsp3) is 0.333. The van der Waals surface area contributed by atoms with Crippen LogP contribution in [0.5, 0.6) is 0 Å². The van der Waals surface area contributed by atoms with Gasteiger partial charge in [-0.2, -0.15) is 0 Å². The van der Waals surface area contributed by atoms with Crippen LogP contribution in [0, 0.1) is 5.92 Å². The summed E-state index contributed by atoms with van der Waals surface area (Å²) in [7, 11) is 1.88. The molecule has 1 saturated heterocycles. The van der Waals surface area contributed by atoms with Gasteiger partial charge in [-0.1, -0.05) is 24.3 Å². The molecule has 1 fully saturated rings. The van der Waals surface area contributed by atoms with Crippen molar-refractivity contribution in [2.24, 2.45) is 5.92 Å².